The molecular weight excluding hydrogens is 231 g/mol. The summed E-state index contributed by atoms with van der Waals surface area (Å²) in [5, 5.41) is 0. The molecule has 0 aliphatic heterocycles. The van der Waals surface area contributed by atoms with Crippen molar-refractivity contribution in [2.45, 2.75) is 26.2 Å². The summed E-state index contributed by atoms with van der Waals surface area (Å²) in [5.74, 6) is 6.70. The van der Waals surface area contributed by atoms with Crippen LogP contribution in [0.3, 0.4) is 0 Å². The van der Waals surface area contributed by atoms with Crippen LogP contribution in [0, 0.1) is 5.82 Å². The van der Waals surface area contributed by atoms with Gasteiger partial charge in [0, 0.05) is 11.0 Å². The SMILES string of the molecule is CC(C)(C)c1nc(-c2ccc(F)cc2)c(N)n1N. The molecule has 0 unspecified atom stereocenters. The first-order chi connectivity index (χ1) is 8.30. The number of hydrogen-bond donors (Lipinski definition) is 2. The molecule has 1 aromatic heterocycles. The fourth-order valence-electron chi connectivity index (χ4n) is 1.79. The number of anilines is 1. The third-order valence-electron chi connectivity index (χ3n) is 2.74. The standard InChI is InChI=1S/C13H17FN4/c1-13(2,3)12-17-10(11(15)18(12)16)8-4-6-9(14)7-5-8/h4-7H,15-16H2,1-3H3. The van der Waals surface area contributed by atoms with E-state index in [-0.39, 0.29) is 11.2 Å². The Balaban J connectivity index is 2.56. The number of nitrogens with zero attached hydrogens (tertiary/aromatic N) is 2. The average molecular weight is 248 g/mol. The predicted octanol–water partition coefficient (Wildman–Crippen LogP) is 2.28. The van der Waals surface area contributed by atoms with Gasteiger partial charge in [-0.3, -0.25) is 0 Å². The van der Waals surface area contributed by atoms with Crippen molar-refractivity contribution in [3.05, 3.63) is 35.9 Å². The molecule has 0 saturated heterocycles. The third-order valence-corrected chi connectivity index (χ3v) is 2.74. The summed E-state index contributed by atoms with van der Waals surface area (Å²) in [7, 11) is 0. The number of nitrogen functional groups attached to an aromatic ring is 2. The molecule has 18 heavy (non-hydrogen) atoms. The van der Waals surface area contributed by atoms with Gasteiger partial charge in [-0.15, -0.1) is 0 Å². The number of nitrogens with two attached hydrogens (primary N) is 2. The average Bonchev–Trinajstić information content (AvgIpc) is 2.57. The smallest absolute Gasteiger partial charge is 0.150 e. The molecule has 4 N–H and O–H groups in total. The Morgan fingerprint density at radius 1 is 1.17 bits per heavy atom. The van der Waals surface area contributed by atoms with Crippen molar-refractivity contribution < 1.29 is 4.39 Å². The largest absolute Gasteiger partial charge is 0.382 e. The zero-order valence-electron chi connectivity index (χ0n) is 10.7. The van der Waals surface area contributed by atoms with E-state index in [1.807, 2.05) is 20.8 Å². The van der Waals surface area contributed by atoms with Gasteiger partial charge in [-0.2, -0.15) is 0 Å². The zero-order chi connectivity index (χ0) is 13.5. The molecule has 2 rings (SSSR count). The summed E-state index contributed by atoms with van der Waals surface area (Å²) in [4.78, 5) is 4.47. The molecule has 4 nitrogen and oxygen atoms in total. The van der Waals surface area contributed by atoms with Gasteiger partial charge in [0.1, 0.15) is 17.3 Å². The zero-order valence-corrected chi connectivity index (χ0v) is 10.7. The Morgan fingerprint density at radius 3 is 2.17 bits per heavy atom. The van der Waals surface area contributed by atoms with Gasteiger partial charge in [-0.1, -0.05) is 20.8 Å². The molecule has 0 aliphatic carbocycles. The highest BCUT2D eigenvalue weighted by Gasteiger charge is 2.24. The lowest BCUT2D eigenvalue weighted by molar-refractivity contribution is 0.532. The van der Waals surface area contributed by atoms with Crippen molar-refractivity contribution >= 4 is 5.82 Å². The summed E-state index contributed by atoms with van der Waals surface area (Å²) in [6, 6.07) is 6.03. The number of rotatable bonds is 1. The highest BCUT2D eigenvalue weighted by molar-refractivity contribution is 5.71. The van der Waals surface area contributed by atoms with Crippen molar-refractivity contribution in [1.29, 1.82) is 0 Å². The molecule has 0 fully saturated rings. The minimum absolute atomic E-state index is 0.207. The van der Waals surface area contributed by atoms with E-state index in [0.717, 1.165) is 5.56 Å². The van der Waals surface area contributed by atoms with Crippen molar-refractivity contribution in [2.75, 3.05) is 11.6 Å². The Hall–Kier alpha value is -2.04. The molecule has 1 aromatic carbocycles. The normalized spacial score (nSPS) is 11.8. The lowest BCUT2D eigenvalue weighted by Gasteiger charge is -2.17. The maximum absolute atomic E-state index is 12.9. The Morgan fingerprint density at radius 2 is 1.72 bits per heavy atom. The second kappa shape index (κ2) is 4.01. The van der Waals surface area contributed by atoms with Crippen molar-refractivity contribution in [3.63, 3.8) is 0 Å². The van der Waals surface area contributed by atoms with Gasteiger partial charge >= 0.3 is 0 Å². The van der Waals surface area contributed by atoms with Gasteiger partial charge < -0.3 is 11.6 Å². The second-order valence-corrected chi connectivity index (χ2v) is 5.30. The molecule has 0 aliphatic rings. The molecule has 0 spiro atoms. The summed E-state index contributed by atoms with van der Waals surface area (Å²) in [5.41, 5.74) is 7.08. The summed E-state index contributed by atoms with van der Waals surface area (Å²) in [6.07, 6.45) is 0. The molecule has 0 radical (unpaired) electrons. The van der Waals surface area contributed by atoms with Crippen LogP contribution in [0.4, 0.5) is 10.2 Å². The Kier molecular flexibility index (Phi) is 2.77. The van der Waals surface area contributed by atoms with Crippen LogP contribution in [-0.2, 0) is 5.41 Å². The first-order valence-corrected chi connectivity index (χ1v) is 5.70. The van der Waals surface area contributed by atoms with Crippen LogP contribution < -0.4 is 11.6 Å². The highest BCUT2D eigenvalue weighted by atomic mass is 19.1. The summed E-state index contributed by atoms with van der Waals surface area (Å²) < 4.78 is 14.3. The number of imidazole rings is 1. The summed E-state index contributed by atoms with van der Waals surface area (Å²) in [6.45, 7) is 6.02. The van der Waals surface area contributed by atoms with Crippen molar-refractivity contribution in [1.82, 2.24) is 9.66 Å². The molecule has 0 atom stereocenters. The molecule has 1 heterocycles. The molecule has 0 bridgehead atoms. The van der Waals surface area contributed by atoms with Gasteiger partial charge in [0.25, 0.3) is 0 Å². The number of hydrogen-bond acceptors (Lipinski definition) is 3. The minimum atomic E-state index is -0.291. The van der Waals surface area contributed by atoms with E-state index in [1.54, 1.807) is 12.1 Å². The van der Waals surface area contributed by atoms with E-state index >= 15 is 0 Å². The van der Waals surface area contributed by atoms with Crippen LogP contribution in [0.5, 0.6) is 0 Å². The Bertz CT molecular complexity index is 564. The van der Waals surface area contributed by atoms with E-state index in [1.165, 1.54) is 16.8 Å². The molecule has 5 heteroatoms. The number of benzene rings is 1. The van der Waals surface area contributed by atoms with E-state index in [4.69, 9.17) is 11.6 Å². The lowest BCUT2D eigenvalue weighted by Crippen LogP contribution is -2.24. The van der Waals surface area contributed by atoms with E-state index in [2.05, 4.69) is 4.98 Å². The minimum Gasteiger partial charge on any atom is -0.382 e. The first kappa shape index (κ1) is 12.4. The fourth-order valence-corrected chi connectivity index (χ4v) is 1.79. The molecule has 2 aromatic rings. The molecule has 96 valence electrons. The molecule has 0 amide bonds. The number of halogens is 1. The van der Waals surface area contributed by atoms with Crippen LogP contribution in [0.15, 0.2) is 24.3 Å². The van der Waals surface area contributed by atoms with Crippen molar-refractivity contribution in [3.8, 4) is 11.3 Å². The van der Waals surface area contributed by atoms with Crippen LogP contribution >= 0.6 is 0 Å². The highest BCUT2D eigenvalue weighted by Crippen LogP contribution is 2.30. The first-order valence-electron chi connectivity index (χ1n) is 5.70. The van der Waals surface area contributed by atoms with Crippen molar-refractivity contribution in [2.24, 2.45) is 0 Å². The molecule has 0 saturated carbocycles. The Labute approximate surface area is 105 Å². The van der Waals surface area contributed by atoms with Crippen LogP contribution in [-0.4, -0.2) is 9.66 Å². The van der Waals surface area contributed by atoms with Gasteiger partial charge in [0.2, 0.25) is 0 Å². The lowest BCUT2D eigenvalue weighted by atomic mass is 9.96. The van der Waals surface area contributed by atoms with E-state index in [0.29, 0.717) is 17.3 Å². The van der Waals surface area contributed by atoms with E-state index in [9.17, 15) is 4.39 Å². The second-order valence-electron chi connectivity index (χ2n) is 5.30. The molecular formula is C13H17FN4. The van der Waals surface area contributed by atoms with Gasteiger partial charge in [0.15, 0.2) is 5.82 Å². The fraction of sp³-hybridized carbons (Fsp3) is 0.308. The van der Waals surface area contributed by atoms with E-state index < -0.39 is 0 Å². The summed E-state index contributed by atoms with van der Waals surface area (Å²) >= 11 is 0. The number of aromatic nitrogens is 2. The topological polar surface area (TPSA) is 69.9 Å². The predicted molar refractivity (Wildman–Crippen MR) is 70.9 cm³/mol. The monoisotopic (exact) mass is 248 g/mol. The van der Waals surface area contributed by atoms with Gasteiger partial charge in [-0.05, 0) is 24.3 Å². The maximum Gasteiger partial charge on any atom is 0.150 e. The van der Waals surface area contributed by atoms with Gasteiger partial charge in [-0.25, -0.2) is 14.1 Å². The van der Waals surface area contributed by atoms with Crippen LogP contribution in [0.2, 0.25) is 0 Å². The van der Waals surface area contributed by atoms with Crippen LogP contribution in [0.25, 0.3) is 11.3 Å². The maximum atomic E-state index is 12.9. The quantitative estimate of drug-likeness (QED) is 0.761. The van der Waals surface area contributed by atoms with Crippen LogP contribution in [0.1, 0.15) is 26.6 Å². The van der Waals surface area contributed by atoms with Gasteiger partial charge in [0.05, 0.1) is 0 Å². The third kappa shape index (κ3) is 2.03.